The second kappa shape index (κ2) is 4.99. The second-order valence-electron chi connectivity index (χ2n) is 4.90. The van der Waals surface area contributed by atoms with E-state index in [1.165, 1.54) is 35.2 Å². The number of halogens is 2. The average Bonchev–Trinajstić information content (AvgIpc) is 2.88. The third kappa shape index (κ3) is 2.17. The van der Waals surface area contributed by atoms with E-state index in [2.05, 4.69) is 5.32 Å². The van der Waals surface area contributed by atoms with E-state index in [0.717, 1.165) is 0 Å². The number of nitrogens with zero attached hydrogens (tertiary/aromatic N) is 1. The van der Waals surface area contributed by atoms with Crippen molar-refractivity contribution in [3.8, 4) is 0 Å². The van der Waals surface area contributed by atoms with E-state index in [1.54, 1.807) is 6.92 Å². The van der Waals surface area contributed by atoms with E-state index in [4.69, 9.17) is 17.3 Å². The second-order valence-corrected chi connectivity index (χ2v) is 5.30. The molecule has 112 valence electrons. The SMILES string of the molecule is Cc1c(C(N)=O)c(Cl)cn1/C=C1\C(=O)Nc2ccc(F)cc21. The van der Waals surface area contributed by atoms with Crippen LogP contribution in [0.15, 0.2) is 24.4 Å². The molecule has 0 saturated heterocycles. The maximum atomic E-state index is 13.4. The molecule has 3 rings (SSSR count). The molecule has 5 nitrogen and oxygen atoms in total. The van der Waals surface area contributed by atoms with Crippen LogP contribution in [0.4, 0.5) is 10.1 Å². The lowest BCUT2D eigenvalue weighted by molar-refractivity contribution is -0.110. The Hall–Kier alpha value is -2.60. The molecule has 1 aromatic heterocycles. The lowest BCUT2D eigenvalue weighted by Gasteiger charge is -2.02. The Morgan fingerprint density at radius 1 is 1.45 bits per heavy atom. The van der Waals surface area contributed by atoms with E-state index in [1.807, 2.05) is 0 Å². The Labute approximate surface area is 130 Å². The van der Waals surface area contributed by atoms with Crippen molar-refractivity contribution in [1.82, 2.24) is 4.57 Å². The van der Waals surface area contributed by atoms with Crippen molar-refractivity contribution >= 4 is 40.9 Å². The molecule has 7 heteroatoms. The summed E-state index contributed by atoms with van der Waals surface area (Å²) in [6, 6.07) is 4.03. The summed E-state index contributed by atoms with van der Waals surface area (Å²) in [6.45, 7) is 1.66. The summed E-state index contributed by atoms with van der Waals surface area (Å²) in [6.07, 6.45) is 2.98. The maximum Gasteiger partial charge on any atom is 0.257 e. The molecule has 0 fully saturated rings. The highest BCUT2D eigenvalue weighted by molar-refractivity contribution is 6.35. The molecule has 22 heavy (non-hydrogen) atoms. The highest BCUT2D eigenvalue weighted by Crippen LogP contribution is 2.33. The molecule has 2 amide bonds. The van der Waals surface area contributed by atoms with E-state index in [-0.39, 0.29) is 22.1 Å². The third-order valence-corrected chi connectivity index (χ3v) is 3.81. The van der Waals surface area contributed by atoms with Crippen LogP contribution in [0.25, 0.3) is 11.8 Å². The van der Waals surface area contributed by atoms with Crippen LogP contribution >= 0.6 is 11.6 Å². The van der Waals surface area contributed by atoms with E-state index in [0.29, 0.717) is 16.9 Å². The van der Waals surface area contributed by atoms with Gasteiger partial charge in [0.15, 0.2) is 0 Å². The summed E-state index contributed by atoms with van der Waals surface area (Å²) in [5, 5.41) is 2.84. The normalized spacial score (nSPS) is 15.0. The number of carbonyl (C=O) groups excluding carboxylic acids is 2. The molecule has 2 aromatic rings. The molecule has 1 aromatic carbocycles. The number of fused-ring (bicyclic) bond motifs is 1. The van der Waals surface area contributed by atoms with Crippen molar-refractivity contribution in [2.75, 3.05) is 5.32 Å². The molecule has 1 aliphatic heterocycles. The van der Waals surface area contributed by atoms with Gasteiger partial charge in [0.25, 0.3) is 11.8 Å². The number of aromatic nitrogens is 1. The first-order valence-corrected chi connectivity index (χ1v) is 6.76. The lowest BCUT2D eigenvalue weighted by Crippen LogP contribution is -2.12. The van der Waals surface area contributed by atoms with Gasteiger partial charge in [-0.15, -0.1) is 0 Å². The van der Waals surface area contributed by atoms with Gasteiger partial charge < -0.3 is 15.6 Å². The minimum absolute atomic E-state index is 0.191. The molecule has 2 heterocycles. The standard InChI is InChI=1S/C15H11ClFN3O2/c1-7-13(14(18)21)11(16)6-20(7)5-10-9-4-8(17)2-3-12(9)19-15(10)22/h2-6H,1H3,(H2,18,21)(H,19,22)/b10-5-. The molecule has 0 spiro atoms. The predicted molar refractivity (Wildman–Crippen MR) is 81.9 cm³/mol. The molecule has 3 N–H and O–H groups in total. The maximum absolute atomic E-state index is 13.4. The molecule has 1 aliphatic rings. The van der Waals surface area contributed by atoms with Gasteiger partial charge in [-0.25, -0.2) is 4.39 Å². The van der Waals surface area contributed by atoms with Gasteiger partial charge in [-0.2, -0.15) is 0 Å². The molecule has 0 bridgehead atoms. The van der Waals surface area contributed by atoms with Crippen LogP contribution in [0.2, 0.25) is 5.02 Å². The summed E-state index contributed by atoms with van der Waals surface area (Å²) in [5.41, 5.74) is 7.23. The number of primary amides is 1. The van der Waals surface area contributed by atoms with Gasteiger partial charge >= 0.3 is 0 Å². The smallest absolute Gasteiger partial charge is 0.257 e. The number of hydrogen-bond donors (Lipinski definition) is 2. The summed E-state index contributed by atoms with van der Waals surface area (Å²) in [7, 11) is 0. The average molecular weight is 320 g/mol. The highest BCUT2D eigenvalue weighted by atomic mass is 35.5. The van der Waals surface area contributed by atoms with Crippen molar-refractivity contribution in [2.45, 2.75) is 6.92 Å². The molecule has 0 saturated carbocycles. The van der Waals surface area contributed by atoms with Gasteiger partial charge in [0.1, 0.15) is 5.82 Å². The van der Waals surface area contributed by atoms with Crippen LogP contribution < -0.4 is 11.1 Å². The van der Waals surface area contributed by atoms with Crippen LogP contribution in [0, 0.1) is 12.7 Å². The number of carbonyl (C=O) groups is 2. The largest absolute Gasteiger partial charge is 0.365 e. The van der Waals surface area contributed by atoms with E-state index >= 15 is 0 Å². The Kier molecular flexibility index (Phi) is 3.26. The zero-order chi connectivity index (χ0) is 16.0. The Bertz CT molecular complexity index is 855. The van der Waals surface area contributed by atoms with Crippen LogP contribution in [0.5, 0.6) is 0 Å². The zero-order valence-electron chi connectivity index (χ0n) is 11.5. The monoisotopic (exact) mass is 319 g/mol. The van der Waals surface area contributed by atoms with Gasteiger partial charge in [0.05, 0.1) is 16.2 Å². The fourth-order valence-corrected chi connectivity index (χ4v) is 2.78. The van der Waals surface area contributed by atoms with Gasteiger partial charge in [-0.05, 0) is 25.1 Å². The van der Waals surface area contributed by atoms with Gasteiger partial charge in [0.2, 0.25) is 0 Å². The topological polar surface area (TPSA) is 77.1 Å². The predicted octanol–water partition coefficient (Wildman–Crippen LogP) is 2.64. The molecule has 0 atom stereocenters. The Balaban J connectivity index is 2.15. The highest BCUT2D eigenvalue weighted by Gasteiger charge is 2.25. The number of nitrogens with one attached hydrogen (secondary N) is 1. The number of benzene rings is 1. The van der Waals surface area contributed by atoms with Crippen molar-refractivity contribution in [3.05, 3.63) is 52.1 Å². The molecular weight excluding hydrogens is 309 g/mol. The summed E-state index contributed by atoms with van der Waals surface area (Å²) in [5.74, 6) is -1.45. The first kappa shape index (κ1) is 14.3. The lowest BCUT2D eigenvalue weighted by atomic mass is 10.1. The van der Waals surface area contributed by atoms with Crippen LogP contribution in [0.3, 0.4) is 0 Å². The summed E-state index contributed by atoms with van der Waals surface area (Å²) < 4.78 is 14.9. The summed E-state index contributed by atoms with van der Waals surface area (Å²) in [4.78, 5) is 23.4. The number of hydrogen-bond acceptors (Lipinski definition) is 2. The van der Waals surface area contributed by atoms with Crippen molar-refractivity contribution in [1.29, 1.82) is 0 Å². The Morgan fingerprint density at radius 2 is 2.18 bits per heavy atom. The first-order chi connectivity index (χ1) is 10.4. The molecular formula is C15H11ClFN3O2. The van der Waals surface area contributed by atoms with Crippen molar-refractivity contribution < 1.29 is 14.0 Å². The number of anilines is 1. The number of amides is 2. The first-order valence-electron chi connectivity index (χ1n) is 6.38. The van der Waals surface area contributed by atoms with E-state index < -0.39 is 11.7 Å². The fourth-order valence-electron chi connectivity index (χ4n) is 2.44. The Morgan fingerprint density at radius 3 is 2.82 bits per heavy atom. The molecule has 0 unspecified atom stereocenters. The zero-order valence-corrected chi connectivity index (χ0v) is 12.2. The quantitative estimate of drug-likeness (QED) is 0.835. The minimum Gasteiger partial charge on any atom is -0.365 e. The number of rotatable bonds is 2. The van der Waals surface area contributed by atoms with Gasteiger partial charge in [-0.3, -0.25) is 9.59 Å². The summed E-state index contributed by atoms with van der Waals surface area (Å²) >= 11 is 5.98. The van der Waals surface area contributed by atoms with Crippen LogP contribution in [-0.4, -0.2) is 16.4 Å². The van der Waals surface area contributed by atoms with Gasteiger partial charge in [-0.1, -0.05) is 11.6 Å². The fraction of sp³-hybridized carbons (Fsp3) is 0.0667. The van der Waals surface area contributed by atoms with Crippen LogP contribution in [0.1, 0.15) is 21.6 Å². The van der Waals surface area contributed by atoms with Crippen molar-refractivity contribution in [2.24, 2.45) is 5.73 Å². The van der Waals surface area contributed by atoms with Crippen molar-refractivity contribution in [3.63, 3.8) is 0 Å². The minimum atomic E-state index is -0.651. The third-order valence-electron chi connectivity index (χ3n) is 3.52. The van der Waals surface area contributed by atoms with Gasteiger partial charge in [0, 0.05) is 29.3 Å². The van der Waals surface area contributed by atoms with E-state index in [9.17, 15) is 14.0 Å². The van der Waals surface area contributed by atoms with Crippen LogP contribution in [-0.2, 0) is 4.79 Å². The molecule has 0 aliphatic carbocycles. The molecule has 0 radical (unpaired) electrons. The number of nitrogens with two attached hydrogens (primary N) is 1.